The molecule has 1 aromatic carbocycles. The molecule has 16 heavy (non-hydrogen) atoms. The quantitative estimate of drug-likeness (QED) is 0.638. The maximum atomic E-state index is 10.9. The van der Waals surface area contributed by atoms with Crippen molar-refractivity contribution in [3.8, 4) is 0 Å². The molecule has 2 N–H and O–H groups in total. The second-order valence-electron chi connectivity index (χ2n) is 4.95. The molecule has 0 bridgehead atoms. The number of hydrogen-bond acceptors (Lipinski definition) is 3. The van der Waals surface area contributed by atoms with Gasteiger partial charge in [0.25, 0.3) is 5.69 Å². The van der Waals surface area contributed by atoms with Gasteiger partial charge in [-0.15, -0.1) is 0 Å². The summed E-state index contributed by atoms with van der Waals surface area (Å²) in [6.45, 7) is 4.00. The van der Waals surface area contributed by atoms with Gasteiger partial charge < -0.3 is 5.73 Å². The first kappa shape index (κ1) is 11.4. The molecule has 86 valence electrons. The van der Waals surface area contributed by atoms with Crippen LogP contribution in [0.2, 0.25) is 5.02 Å². The summed E-state index contributed by atoms with van der Waals surface area (Å²) in [4.78, 5) is 10.5. The highest BCUT2D eigenvalue weighted by Crippen LogP contribution is 2.62. The summed E-state index contributed by atoms with van der Waals surface area (Å²) in [5, 5.41) is 11.4. The fourth-order valence-electron chi connectivity index (χ4n) is 2.14. The Morgan fingerprint density at radius 2 is 2.06 bits per heavy atom. The zero-order valence-electron chi connectivity index (χ0n) is 9.16. The summed E-state index contributed by atoms with van der Waals surface area (Å²) in [6, 6.07) is 4.54. The summed E-state index contributed by atoms with van der Waals surface area (Å²) in [6.07, 6.45) is 0.737. The second-order valence-corrected chi connectivity index (χ2v) is 5.39. The van der Waals surface area contributed by atoms with Crippen LogP contribution in [0.25, 0.3) is 0 Å². The minimum Gasteiger partial charge on any atom is -0.321 e. The lowest BCUT2D eigenvalue weighted by Crippen LogP contribution is -2.26. The Kier molecular flexibility index (Phi) is 2.26. The Balaban J connectivity index is 2.56. The molecule has 0 radical (unpaired) electrons. The van der Waals surface area contributed by atoms with E-state index in [0.717, 1.165) is 6.42 Å². The minimum atomic E-state index is -0.625. The van der Waals surface area contributed by atoms with E-state index in [9.17, 15) is 10.1 Å². The molecular weight excluding hydrogens is 228 g/mol. The maximum Gasteiger partial charge on any atom is 0.274 e. The Morgan fingerprint density at radius 1 is 1.50 bits per heavy atom. The van der Waals surface area contributed by atoms with Crippen LogP contribution in [0.3, 0.4) is 0 Å². The summed E-state index contributed by atoms with van der Waals surface area (Å²) < 4.78 is 0. The van der Waals surface area contributed by atoms with Gasteiger partial charge in [-0.3, -0.25) is 10.1 Å². The third kappa shape index (κ3) is 1.49. The fourth-order valence-corrected chi connectivity index (χ4v) is 2.31. The molecule has 1 aromatic rings. The van der Waals surface area contributed by atoms with E-state index in [0.29, 0.717) is 10.6 Å². The van der Waals surface area contributed by atoms with Crippen molar-refractivity contribution in [1.82, 2.24) is 0 Å². The topological polar surface area (TPSA) is 69.2 Å². The van der Waals surface area contributed by atoms with Crippen molar-refractivity contribution in [3.63, 3.8) is 0 Å². The normalized spacial score (nSPS) is 26.5. The monoisotopic (exact) mass is 240 g/mol. The molecule has 5 heteroatoms. The van der Waals surface area contributed by atoms with E-state index in [1.165, 1.54) is 12.1 Å². The van der Waals surface area contributed by atoms with Crippen LogP contribution in [0.5, 0.6) is 0 Å². The van der Waals surface area contributed by atoms with E-state index in [4.69, 9.17) is 17.3 Å². The predicted molar refractivity (Wildman–Crippen MR) is 62.4 cm³/mol. The van der Waals surface area contributed by atoms with Gasteiger partial charge in [0.1, 0.15) is 0 Å². The lowest BCUT2D eigenvalue weighted by atomic mass is 9.95. The maximum absolute atomic E-state index is 10.9. The van der Waals surface area contributed by atoms with Gasteiger partial charge in [0.05, 0.1) is 16.0 Å². The van der Waals surface area contributed by atoms with Gasteiger partial charge in [-0.25, -0.2) is 0 Å². The average Bonchev–Trinajstić information content (AvgIpc) is 2.66. The van der Waals surface area contributed by atoms with Crippen LogP contribution in [-0.2, 0) is 5.54 Å². The average molecular weight is 241 g/mol. The first-order valence-electron chi connectivity index (χ1n) is 5.01. The van der Waals surface area contributed by atoms with E-state index in [-0.39, 0.29) is 11.1 Å². The summed E-state index contributed by atoms with van der Waals surface area (Å²) in [7, 11) is 0. The van der Waals surface area contributed by atoms with E-state index < -0.39 is 10.5 Å². The van der Waals surface area contributed by atoms with Gasteiger partial charge in [0.2, 0.25) is 0 Å². The van der Waals surface area contributed by atoms with Gasteiger partial charge in [0, 0.05) is 11.1 Å². The molecule has 1 atom stereocenters. The molecule has 2 rings (SSSR count). The number of halogens is 1. The molecule has 1 fully saturated rings. The van der Waals surface area contributed by atoms with Crippen molar-refractivity contribution in [2.24, 2.45) is 11.1 Å². The van der Waals surface area contributed by atoms with E-state index in [1.54, 1.807) is 6.07 Å². The first-order chi connectivity index (χ1) is 7.28. The summed E-state index contributed by atoms with van der Waals surface area (Å²) >= 11 is 5.87. The van der Waals surface area contributed by atoms with Crippen molar-refractivity contribution in [3.05, 3.63) is 38.9 Å². The van der Waals surface area contributed by atoms with Crippen LogP contribution >= 0.6 is 11.6 Å². The molecule has 0 aromatic heterocycles. The first-order valence-corrected chi connectivity index (χ1v) is 5.39. The number of benzene rings is 1. The highest BCUT2D eigenvalue weighted by Gasteiger charge is 2.61. The molecule has 1 saturated carbocycles. The molecule has 4 nitrogen and oxygen atoms in total. The lowest BCUT2D eigenvalue weighted by Gasteiger charge is -2.15. The van der Waals surface area contributed by atoms with E-state index in [1.807, 2.05) is 13.8 Å². The van der Waals surface area contributed by atoms with Crippen molar-refractivity contribution in [2.75, 3.05) is 0 Å². The lowest BCUT2D eigenvalue weighted by molar-refractivity contribution is -0.385. The molecule has 0 amide bonds. The Bertz CT molecular complexity index is 473. The third-order valence-corrected chi connectivity index (χ3v) is 3.67. The van der Waals surface area contributed by atoms with Crippen LogP contribution < -0.4 is 5.73 Å². The van der Waals surface area contributed by atoms with Crippen LogP contribution in [-0.4, -0.2) is 4.92 Å². The number of nitrogens with zero attached hydrogens (tertiary/aromatic N) is 1. The van der Waals surface area contributed by atoms with Crippen LogP contribution in [0, 0.1) is 15.5 Å². The Hall–Kier alpha value is -1.13. The largest absolute Gasteiger partial charge is 0.321 e. The Labute approximate surface area is 98.5 Å². The van der Waals surface area contributed by atoms with E-state index >= 15 is 0 Å². The zero-order chi connectivity index (χ0) is 12.1. The number of nitro benzene ring substituents is 1. The zero-order valence-corrected chi connectivity index (χ0v) is 9.91. The van der Waals surface area contributed by atoms with Crippen LogP contribution in [0.4, 0.5) is 5.69 Å². The number of rotatable bonds is 2. The van der Waals surface area contributed by atoms with Crippen LogP contribution in [0.1, 0.15) is 25.8 Å². The predicted octanol–water partition coefficient (Wildman–Crippen LogP) is 2.83. The van der Waals surface area contributed by atoms with Gasteiger partial charge in [-0.2, -0.15) is 0 Å². The molecule has 0 aliphatic heterocycles. The smallest absolute Gasteiger partial charge is 0.274 e. The van der Waals surface area contributed by atoms with Crippen molar-refractivity contribution in [1.29, 1.82) is 0 Å². The number of hydrogen-bond donors (Lipinski definition) is 1. The van der Waals surface area contributed by atoms with E-state index in [2.05, 4.69) is 0 Å². The molecule has 0 saturated heterocycles. The molecule has 1 unspecified atom stereocenters. The molecular formula is C11H13ClN2O2. The highest BCUT2D eigenvalue weighted by atomic mass is 35.5. The SMILES string of the molecule is CC1(C)CC1(N)c1cc(Cl)ccc1[N+](=O)[O-]. The van der Waals surface area contributed by atoms with Crippen molar-refractivity contribution in [2.45, 2.75) is 25.8 Å². The highest BCUT2D eigenvalue weighted by molar-refractivity contribution is 6.30. The second kappa shape index (κ2) is 3.18. The molecule has 1 aliphatic rings. The number of nitro groups is 1. The van der Waals surface area contributed by atoms with Gasteiger partial charge >= 0.3 is 0 Å². The summed E-state index contributed by atoms with van der Waals surface area (Å²) in [5.41, 5.74) is 6.05. The van der Waals surface area contributed by atoms with Crippen molar-refractivity contribution < 1.29 is 4.92 Å². The standard InChI is InChI=1S/C11H13ClN2O2/c1-10(2)6-11(10,13)8-5-7(12)3-4-9(8)14(15)16/h3-5H,6,13H2,1-2H3. The van der Waals surface area contributed by atoms with Crippen molar-refractivity contribution >= 4 is 17.3 Å². The molecule has 1 aliphatic carbocycles. The Morgan fingerprint density at radius 3 is 2.50 bits per heavy atom. The fraction of sp³-hybridized carbons (Fsp3) is 0.455. The summed E-state index contributed by atoms with van der Waals surface area (Å²) in [5.74, 6) is 0. The molecule has 0 spiro atoms. The molecule has 0 heterocycles. The van der Waals surface area contributed by atoms with Gasteiger partial charge in [-0.05, 0) is 24.0 Å². The third-order valence-electron chi connectivity index (χ3n) is 3.44. The minimum absolute atomic E-state index is 0.0532. The van der Waals surface area contributed by atoms with Gasteiger partial charge in [0.15, 0.2) is 0 Å². The van der Waals surface area contributed by atoms with Gasteiger partial charge in [-0.1, -0.05) is 25.4 Å². The van der Waals surface area contributed by atoms with Crippen LogP contribution in [0.15, 0.2) is 18.2 Å². The number of nitrogens with two attached hydrogens (primary N) is 1.